The van der Waals surface area contributed by atoms with Crippen molar-refractivity contribution in [3.63, 3.8) is 0 Å². The zero-order valence-corrected chi connectivity index (χ0v) is 9.79. The number of carbonyl (C=O) groups is 1. The summed E-state index contributed by atoms with van der Waals surface area (Å²) in [7, 11) is 0. The van der Waals surface area contributed by atoms with Crippen LogP contribution in [0.5, 0.6) is 0 Å². The van der Waals surface area contributed by atoms with Gasteiger partial charge in [-0.05, 0) is 13.3 Å². The van der Waals surface area contributed by atoms with Gasteiger partial charge in [-0.15, -0.1) is 0 Å². The van der Waals surface area contributed by atoms with Crippen LogP contribution >= 0.6 is 0 Å². The molecule has 1 amide bonds. The Bertz CT molecular complexity index is 191. The summed E-state index contributed by atoms with van der Waals surface area (Å²) in [6.45, 7) is 7.50. The van der Waals surface area contributed by atoms with Gasteiger partial charge in [0.1, 0.15) is 0 Å². The molecule has 1 rings (SSSR count). The Balaban J connectivity index is 2.21. The van der Waals surface area contributed by atoms with Crippen molar-refractivity contribution < 1.29 is 9.53 Å². The SMILES string of the molecule is CCCCC(=O)NC(C)N1CCOCC1. The molecular weight excluding hydrogens is 192 g/mol. The maximum Gasteiger partial charge on any atom is 0.221 e. The summed E-state index contributed by atoms with van der Waals surface area (Å²) in [4.78, 5) is 13.7. The molecule has 0 radical (unpaired) electrons. The number of ether oxygens (including phenoxy) is 1. The van der Waals surface area contributed by atoms with E-state index in [1.54, 1.807) is 0 Å². The molecule has 0 aromatic carbocycles. The second-order valence-corrected chi connectivity index (χ2v) is 4.00. The van der Waals surface area contributed by atoms with E-state index in [4.69, 9.17) is 4.74 Å². The zero-order valence-electron chi connectivity index (χ0n) is 9.79. The minimum absolute atomic E-state index is 0.137. The molecule has 0 saturated carbocycles. The molecule has 0 aromatic rings. The van der Waals surface area contributed by atoms with E-state index in [9.17, 15) is 4.79 Å². The van der Waals surface area contributed by atoms with Gasteiger partial charge in [0.2, 0.25) is 5.91 Å². The predicted octanol–water partition coefficient (Wildman–Crippen LogP) is 0.971. The third kappa shape index (κ3) is 4.62. The fourth-order valence-electron chi connectivity index (χ4n) is 1.70. The molecule has 4 nitrogen and oxygen atoms in total. The Kier molecular flexibility index (Phi) is 5.65. The van der Waals surface area contributed by atoms with Crippen molar-refractivity contribution in [1.29, 1.82) is 0 Å². The van der Waals surface area contributed by atoms with E-state index in [2.05, 4.69) is 17.1 Å². The van der Waals surface area contributed by atoms with Crippen molar-refractivity contribution in [3.05, 3.63) is 0 Å². The molecule has 1 unspecified atom stereocenters. The van der Waals surface area contributed by atoms with Crippen LogP contribution in [0, 0.1) is 0 Å². The zero-order chi connectivity index (χ0) is 11.1. The van der Waals surface area contributed by atoms with Gasteiger partial charge in [0.25, 0.3) is 0 Å². The number of morpholine rings is 1. The average Bonchev–Trinajstić information content (AvgIpc) is 2.27. The first-order chi connectivity index (χ1) is 7.24. The van der Waals surface area contributed by atoms with Gasteiger partial charge in [0, 0.05) is 19.5 Å². The molecule has 88 valence electrons. The summed E-state index contributed by atoms with van der Waals surface area (Å²) in [5.74, 6) is 0.163. The van der Waals surface area contributed by atoms with E-state index >= 15 is 0 Å². The van der Waals surface area contributed by atoms with Gasteiger partial charge in [0.15, 0.2) is 0 Å². The van der Waals surface area contributed by atoms with E-state index in [1.807, 2.05) is 6.92 Å². The molecule has 1 aliphatic heterocycles. The molecule has 1 atom stereocenters. The van der Waals surface area contributed by atoms with Crippen LogP contribution in [0.15, 0.2) is 0 Å². The summed E-state index contributed by atoms with van der Waals surface area (Å²) in [5, 5.41) is 3.02. The van der Waals surface area contributed by atoms with Crippen LogP contribution in [-0.4, -0.2) is 43.3 Å². The molecule has 0 aliphatic carbocycles. The van der Waals surface area contributed by atoms with Crippen LogP contribution < -0.4 is 5.32 Å². The normalized spacial score (nSPS) is 19.9. The lowest BCUT2D eigenvalue weighted by Crippen LogP contribution is -2.50. The van der Waals surface area contributed by atoms with Crippen LogP contribution in [0.1, 0.15) is 33.1 Å². The third-order valence-corrected chi connectivity index (χ3v) is 2.72. The Morgan fingerprint density at radius 2 is 2.13 bits per heavy atom. The molecule has 1 N–H and O–H groups in total. The number of hydrogen-bond donors (Lipinski definition) is 1. The average molecular weight is 214 g/mol. The monoisotopic (exact) mass is 214 g/mol. The first-order valence-electron chi connectivity index (χ1n) is 5.85. The van der Waals surface area contributed by atoms with Crippen molar-refractivity contribution in [3.8, 4) is 0 Å². The fourth-order valence-corrected chi connectivity index (χ4v) is 1.70. The fraction of sp³-hybridized carbons (Fsp3) is 0.909. The van der Waals surface area contributed by atoms with Crippen LogP contribution in [0.25, 0.3) is 0 Å². The molecule has 15 heavy (non-hydrogen) atoms. The highest BCUT2D eigenvalue weighted by atomic mass is 16.5. The molecule has 0 bridgehead atoms. The maximum absolute atomic E-state index is 11.5. The largest absolute Gasteiger partial charge is 0.379 e. The Morgan fingerprint density at radius 1 is 1.47 bits per heavy atom. The van der Waals surface area contributed by atoms with Gasteiger partial charge < -0.3 is 10.1 Å². The molecular formula is C11H22N2O2. The van der Waals surface area contributed by atoms with Gasteiger partial charge in [-0.1, -0.05) is 13.3 Å². The number of hydrogen-bond acceptors (Lipinski definition) is 3. The number of unbranched alkanes of at least 4 members (excludes halogenated alkanes) is 1. The highest BCUT2D eigenvalue weighted by Crippen LogP contribution is 2.02. The number of nitrogens with zero attached hydrogens (tertiary/aromatic N) is 1. The number of amides is 1. The van der Waals surface area contributed by atoms with Crippen LogP contribution in [0.3, 0.4) is 0 Å². The summed E-state index contributed by atoms with van der Waals surface area (Å²) >= 11 is 0. The molecule has 1 heterocycles. The lowest BCUT2D eigenvalue weighted by Gasteiger charge is -2.32. The minimum Gasteiger partial charge on any atom is -0.379 e. The number of nitrogens with one attached hydrogen (secondary N) is 1. The summed E-state index contributed by atoms with van der Waals surface area (Å²) < 4.78 is 5.27. The van der Waals surface area contributed by atoms with Gasteiger partial charge in [0.05, 0.1) is 19.4 Å². The van der Waals surface area contributed by atoms with Crippen LogP contribution in [0.2, 0.25) is 0 Å². The highest BCUT2D eigenvalue weighted by Gasteiger charge is 2.17. The Morgan fingerprint density at radius 3 is 2.73 bits per heavy atom. The summed E-state index contributed by atoms with van der Waals surface area (Å²) in [5.41, 5.74) is 0. The van der Waals surface area contributed by atoms with Gasteiger partial charge in [-0.3, -0.25) is 9.69 Å². The van der Waals surface area contributed by atoms with Crippen molar-refractivity contribution in [2.75, 3.05) is 26.3 Å². The van der Waals surface area contributed by atoms with Gasteiger partial charge in [-0.2, -0.15) is 0 Å². The molecule has 0 spiro atoms. The van der Waals surface area contributed by atoms with Crippen molar-refractivity contribution >= 4 is 5.91 Å². The van der Waals surface area contributed by atoms with Crippen molar-refractivity contribution in [1.82, 2.24) is 10.2 Å². The quantitative estimate of drug-likeness (QED) is 0.741. The minimum atomic E-state index is 0.137. The Hall–Kier alpha value is -0.610. The second-order valence-electron chi connectivity index (χ2n) is 4.00. The van der Waals surface area contributed by atoms with Crippen LogP contribution in [-0.2, 0) is 9.53 Å². The molecule has 1 fully saturated rings. The smallest absolute Gasteiger partial charge is 0.221 e. The number of carbonyl (C=O) groups excluding carboxylic acids is 1. The third-order valence-electron chi connectivity index (χ3n) is 2.72. The molecule has 1 aliphatic rings. The van der Waals surface area contributed by atoms with Crippen molar-refractivity contribution in [2.24, 2.45) is 0 Å². The van der Waals surface area contributed by atoms with Crippen LogP contribution in [0.4, 0.5) is 0 Å². The van der Waals surface area contributed by atoms with E-state index in [0.717, 1.165) is 39.1 Å². The van der Waals surface area contributed by atoms with E-state index in [0.29, 0.717) is 6.42 Å². The number of rotatable bonds is 5. The lowest BCUT2D eigenvalue weighted by molar-refractivity contribution is -0.123. The van der Waals surface area contributed by atoms with Crippen molar-refractivity contribution in [2.45, 2.75) is 39.3 Å². The van der Waals surface area contributed by atoms with Gasteiger partial charge >= 0.3 is 0 Å². The Labute approximate surface area is 92.0 Å². The highest BCUT2D eigenvalue weighted by molar-refractivity contribution is 5.76. The maximum atomic E-state index is 11.5. The first-order valence-corrected chi connectivity index (χ1v) is 5.85. The van der Waals surface area contributed by atoms with E-state index in [1.165, 1.54) is 0 Å². The summed E-state index contributed by atoms with van der Waals surface area (Å²) in [6.07, 6.45) is 2.82. The molecule has 1 saturated heterocycles. The lowest BCUT2D eigenvalue weighted by atomic mass is 10.2. The second kappa shape index (κ2) is 6.80. The summed E-state index contributed by atoms with van der Waals surface area (Å²) in [6, 6.07) is 0. The molecule has 0 aromatic heterocycles. The molecule has 4 heteroatoms. The van der Waals surface area contributed by atoms with E-state index < -0.39 is 0 Å². The standard InChI is InChI=1S/C11H22N2O2/c1-3-4-5-11(14)12-10(2)13-6-8-15-9-7-13/h10H,3-9H2,1-2H3,(H,12,14). The van der Waals surface area contributed by atoms with Gasteiger partial charge in [-0.25, -0.2) is 0 Å². The topological polar surface area (TPSA) is 41.6 Å². The first kappa shape index (κ1) is 12.5. The van der Waals surface area contributed by atoms with E-state index in [-0.39, 0.29) is 12.1 Å². The predicted molar refractivity (Wildman–Crippen MR) is 59.5 cm³/mol.